The van der Waals surface area contributed by atoms with Crippen LogP contribution in [-0.4, -0.2) is 3.21 Å². The molecule has 0 atom stereocenters. The van der Waals surface area contributed by atoms with Crippen LogP contribution in [0.2, 0.25) is 0 Å². The van der Waals surface area contributed by atoms with Crippen LogP contribution >= 0.6 is 0 Å². The predicted molar refractivity (Wildman–Crippen MR) is 162 cm³/mol. The summed E-state index contributed by atoms with van der Waals surface area (Å²) in [4.78, 5) is 0. The van der Waals surface area contributed by atoms with Crippen molar-refractivity contribution in [2.24, 2.45) is 0 Å². The summed E-state index contributed by atoms with van der Waals surface area (Å²) >= 11 is 1.55. The molecule has 1 aliphatic carbocycles. The van der Waals surface area contributed by atoms with Gasteiger partial charge in [0.25, 0.3) is 0 Å². The van der Waals surface area contributed by atoms with Crippen molar-refractivity contribution in [3.8, 4) is 11.1 Å². The zero-order valence-electron chi connectivity index (χ0n) is 26.5. The fourth-order valence-electron chi connectivity index (χ4n) is 4.39. The topological polar surface area (TPSA) is 0 Å². The molecule has 39 heavy (non-hydrogen) atoms. The summed E-state index contributed by atoms with van der Waals surface area (Å²) in [6.45, 7) is 26.9. The molecule has 3 aromatic rings. The third kappa shape index (κ3) is 11.5. The summed E-state index contributed by atoms with van der Waals surface area (Å²) < 4.78 is 1.51. The molecule has 0 radical (unpaired) electrons. The van der Waals surface area contributed by atoms with Crippen LogP contribution in [0.15, 0.2) is 48.5 Å². The van der Waals surface area contributed by atoms with Gasteiger partial charge in [-0.25, -0.2) is 6.07 Å². The van der Waals surface area contributed by atoms with E-state index in [0.29, 0.717) is 5.41 Å². The zero-order chi connectivity index (χ0) is 28.2. The minimum atomic E-state index is 0. The van der Waals surface area contributed by atoms with Crippen LogP contribution in [0, 0.1) is 6.07 Å². The maximum Gasteiger partial charge on any atom is -1.00 e. The molecule has 0 fully saturated rings. The largest absolute Gasteiger partial charge is 1.00 e. The Bertz CT molecular complexity index is 1130. The van der Waals surface area contributed by atoms with Crippen LogP contribution < -0.4 is 24.8 Å². The second-order valence-electron chi connectivity index (χ2n) is 13.8. The number of hydrogen-bond donors (Lipinski definition) is 0. The predicted octanol–water partition coefficient (Wildman–Crippen LogP) is 4.06. The molecule has 0 N–H and O–H groups in total. The second-order valence-corrected chi connectivity index (χ2v) is 16.3. The van der Waals surface area contributed by atoms with Crippen LogP contribution in [-0.2, 0) is 53.3 Å². The standard InChI is InChI=1S/C21H25.C12H19.C3H6.2ClH.Zr/c1-20(2,3)16-9-7-14-11-15-8-10-17(21(4,5)6)13-19(15)18(14)12-16;1-5-6-10-7-8-11(9-10)12(2,3)4;1-3-2;;;/h7,9-10,12-13H,11H2,1-6H3;7-9H,5-6H2,1-4H3;1-2H3;2*1H;/q2*-1;;;;+2/p-2. The van der Waals surface area contributed by atoms with E-state index in [9.17, 15) is 0 Å². The van der Waals surface area contributed by atoms with Gasteiger partial charge >= 0.3 is 41.3 Å². The first kappa shape index (κ1) is 38.1. The number of aryl methyl sites for hydroxylation is 1. The average Bonchev–Trinajstić information content (AvgIpc) is 3.36. The Labute approximate surface area is 268 Å². The van der Waals surface area contributed by atoms with Crippen LogP contribution in [0.3, 0.4) is 0 Å². The zero-order valence-corrected chi connectivity index (χ0v) is 30.5. The van der Waals surface area contributed by atoms with Crippen molar-refractivity contribution in [2.45, 2.75) is 119 Å². The fraction of sp³-hybridized carbons (Fsp3) is 0.500. The van der Waals surface area contributed by atoms with Crippen molar-refractivity contribution < 1.29 is 49.0 Å². The van der Waals surface area contributed by atoms with E-state index >= 15 is 0 Å². The fourth-order valence-corrected chi connectivity index (χ4v) is 4.39. The van der Waals surface area contributed by atoms with E-state index in [1.807, 2.05) is 0 Å². The molecule has 0 saturated carbocycles. The number of benzene rings is 2. The molecule has 214 valence electrons. The Morgan fingerprint density at radius 1 is 0.795 bits per heavy atom. The van der Waals surface area contributed by atoms with Gasteiger partial charge in [0.05, 0.1) is 0 Å². The molecule has 0 unspecified atom stereocenters. The normalized spacial score (nSPS) is 11.9. The monoisotopic (exact) mass is 642 g/mol. The third-order valence-electron chi connectivity index (χ3n) is 6.75. The number of rotatable bonds is 2. The summed E-state index contributed by atoms with van der Waals surface area (Å²) in [6.07, 6.45) is 3.49. The van der Waals surface area contributed by atoms with Gasteiger partial charge in [-0.3, -0.25) is 0 Å². The number of fused-ring (bicyclic) bond motifs is 3. The average molecular weight is 645 g/mol. The molecule has 3 aromatic carbocycles. The molecule has 1 aliphatic rings. The SMILES string of the molecule is CC(C)(C)c1c[c-]c2c(c1)-c1cc(C(C)(C)C)ccc1C2.CCCc1cc(C(C)(C)C)c[cH-]1.C[C](C)=[Zr+2].[Cl-].[Cl-]. The summed E-state index contributed by atoms with van der Waals surface area (Å²) in [7, 11) is 0. The Morgan fingerprint density at radius 2 is 1.31 bits per heavy atom. The summed E-state index contributed by atoms with van der Waals surface area (Å²) in [5, 5.41) is 0. The first-order valence-corrected chi connectivity index (χ1v) is 15.1. The molecule has 0 bridgehead atoms. The third-order valence-corrected chi connectivity index (χ3v) is 6.75. The maximum absolute atomic E-state index is 3.53. The van der Waals surface area contributed by atoms with E-state index in [-0.39, 0.29) is 35.6 Å². The van der Waals surface area contributed by atoms with E-state index in [0.717, 1.165) is 6.42 Å². The number of halogens is 2. The second kappa shape index (κ2) is 15.4. The van der Waals surface area contributed by atoms with E-state index in [2.05, 4.69) is 138 Å². The Balaban J connectivity index is 0.000000687. The van der Waals surface area contributed by atoms with E-state index < -0.39 is 0 Å². The Kier molecular flexibility index (Phi) is 15.0. The van der Waals surface area contributed by atoms with Crippen molar-refractivity contribution in [3.63, 3.8) is 0 Å². The molecule has 0 nitrogen and oxygen atoms in total. The molecule has 0 spiro atoms. The molecule has 0 amide bonds. The molecule has 3 heteroatoms. The van der Waals surface area contributed by atoms with E-state index in [4.69, 9.17) is 0 Å². The quantitative estimate of drug-likeness (QED) is 0.289. The van der Waals surface area contributed by atoms with E-state index in [1.54, 1.807) is 24.2 Å². The molecule has 4 rings (SSSR count). The van der Waals surface area contributed by atoms with Crippen LogP contribution in [0.5, 0.6) is 0 Å². The van der Waals surface area contributed by atoms with Gasteiger partial charge in [-0.2, -0.15) is 52.6 Å². The smallest absolute Gasteiger partial charge is 1.00 e. The molecule has 0 aliphatic heterocycles. The van der Waals surface area contributed by atoms with Gasteiger partial charge in [0.15, 0.2) is 0 Å². The van der Waals surface area contributed by atoms with Gasteiger partial charge in [0.2, 0.25) is 0 Å². The van der Waals surface area contributed by atoms with Crippen molar-refractivity contribution >= 4 is 3.21 Å². The minimum absolute atomic E-state index is 0. The van der Waals surface area contributed by atoms with Crippen LogP contribution in [0.1, 0.15) is 123 Å². The van der Waals surface area contributed by atoms with Gasteiger partial charge in [-0.1, -0.05) is 122 Å². The van der Waals surface area contributed by atoms with Gasteiger partial charge in [0, 0.05) is 0 Å². The first-order chi connectivity index (χ1) is 16.9. The summed E-state index contributed by atoms with van der Waals surface area (Å²) in [5.74, 6) is 0. The minimum Gasteiger partial charge on any atom is -1.00 e. The molecule has 0 saturated heterocycles. The van der Waals surface area contributed by atoms with Crippen molar-refractivity contribution in [1.82, 2.24) is 0 Å². The van der Waals surface area contributed by atoms with E-state index in [1.165, 1.54) is 60.6 Å². The van der Waals surface area contributed by atoms with Crippen molar-refractivity contribution in [2.75, 3.05) is 0 Å². The Hall–Kier alpha value is -0.877. The Morgan fingerprint density at radius 3 is 1.77 bits per heavy atom. The molecular weight excluding hydrogens is 595 g/mol. The van der Waals surface area contributed by atoms with Gasteiger partial charge in [-0.05, 0) is 17.4 Å². The van der Waals surface area contributed by atoms with Crippen LogP contribution in [0.25, 0.3) is 11.1 Å². The van der Waals surface area contributed by atoms with Crippen LogP contribution in [0.4, 0.5) is 0 Å². The maximum atomic E-state index is 3.53. The number of hydrogen-bond acceptors (Lipinski definition) is 0. The summed E-state index contributed by atoms with van der Waals surface area (Å²) in [5.41, 5.74) is 12.0. The molecular formula is C36H50Cl2Zr-2. The van der Waals surface area contributed by atoms with Gasteiger partial charge in [-0.15, -0.1) is 5.56 Å². The molecule has 0 heterocycles. The van der Waals surface area contributed by atoms with Crippen molar-refractivity contribution in [1.29, 1.82) is 0 Å². The molecule has 0 aromatic heterocycles. The van der Waals surface area contributed by atoms with Crippen molar-refractivity contribution in [3.05, 3.63) is 88.0 Å². The summed E-state index contributed by atoms with van der Waals surface area (Å²) in [6, 6.07) is 21.9. The van der Waals surface area contributed by atoms with Gasteiger partial charge < -0.3 is 24.8 Å². The van der Waals surface area contributed by atoms with Gasteiger partial charge in [0.1, 0.15) is 0 Å². The first-order valence-electron chi connectivity index (χ1n) is 13.9.